The van der Waals surface area contributed by atoms with Crippen molar-refractivity contribution < 1.29 is 4.74 Å². The molecule has 168 valence electrons. The summed E-state index contributed by atoms with van der Waals surface area (Å²) < 4.78 is 8.17. The smallest absolute Gasteiger partial charge is 0.201 e. The molecule has 7 nitrogen and oxygen atoms in total. The average Bonchev–Trinajstić information content (AvgIpc) is 3.39. The van der Waals surface area contributed by atoms with Gasteiger partial charge in [0, 0.05) is 37.6 Å². The highest BCUT2D eigenvalue weighted by Gasteiger charge is 2.12. The molecule has 3 heterocycles. The molecule has 0 spiro atoms. The number of hydrogen-bond acceptors (Lipinski definition) is 5. The summed E-state index contributed by atoms with van der Waals surface area (Å²) in [4.78, 5) is 12.7. The zero-order valence-electron chi connectivity index (χ0n) is 18.7. The maximum atomic E-state index is 6.22. The fraction of sp³-hybridized carbons (Fsp3) is 0.542. The van der Waals surface area contributed by atoms with Crippen LogP contribution < -0.4 is 10.5 Å². The Morgan fingerprint density at radius 3 is 2.81 bits per heavy atom. The number of rotatable bonds is 11. The highest BCUT2D eigenvalue weighted by atomic mass is 16.5. The summed E-state index contributed by atoms with van der Waals surface area (Å²) in [5.74, 6) is 1.48. The molecule has 2 aromatic heterocycles. The Kier molecular flexibility index (Phi) is 7.48. The van der Waals surface area contributed by atoms with E-state index in [1.54, 1.807) is 0 Å². The van der Waals surface area contributed by atoms with Gasteiger partial charge in [0.05, 0.1) is 17.6 Å². The number of nitrogens with zero attached hydrogens (tertiary/aromatic N) is 4. The van der Waals surface area contributed by atoms with Crippen molar-refractivity contribution in [1.29, 1.82) is 0 Å². The predicted octanol–water partition coefficient (Wildman–Crippen LogP) is 3.72. The largest absolute Gasteiger partial charge is 0.493 e. The number of nitrogen functional groups attached to an aromatic ring is 1. The summed E-state index contributed by atoms with van der Waals surface area (Å²) in [5, 5.41) is 0. The number of hydrogen-bond donors (Lipinski definition) is 2. The molecule has 3 N–H and O–H groups in total. The van der Waals surface area contributed by atoms with Crippen LogP contribution in [0, 0.1) is 0 Å². The molecule has 0 aliphatic carbocycles. The third-order valence-corrected chi connectivity index (χ3v) is 6.11. The SMILES string of the molecule is CN(CCCOc1ccc2nc(N)n(CCCN3CCCCC3)c2c1)Cc1ccc[nH]1. The number of piperidine rings is 1. The number of anilines is 1. The molecule has 31 heavy (non-hydrogen) atoms. The van der Waals surface area contributed by atoms with Crippen LogP contribution in [0.25, 0.3) is 11.0 Å². The van der Waals surface area contributed by atoms with E-state index in [1.165, 1.54) is 38.0 Å². The van der Waals surface area contributed by atoms with Gasteiger partial charge in [-0.2, -0.15) is 0 Å². The minimum Gasteiger partial charge on any atom is -0.493 e. The summed E-state index contributed by atoms with van der Waals surface area (Å²) in [5.41, 5.74) is 9.46. The van der Waals surface area contributed by atoms with E-state index in [0.29, 0.717) is 12.6 Å². The van der Waals surface area contributed by atoms with Crippen LogP contribution in [-0.2, 0) is 13.1 Å². The Morgan fingerprint density at radius 2 is 2.00 bits per heavy atom. The standard InChI is InChI=1S/C24H36N6O/c1-28(19-20-8-5-11-26-20)12-7-17-31-21-9-10-22-23(18-21)30(24(25)27-22)16-6-15-29-13-3-2-4-14-29/h5,8-11,18,26H,2-4,6-7,12-17,19H2,1H3,(H2,25,27). The first-order valence-electron chi connectivity index (χ1n) is 11.6. The van der Waals surface area contributed by atoms with Crippen LogP contribution in [0.1, 0.15) is 37.8 Å². The molecule has 1 fully saturated rings. The fourth-order valence-electron chi connectivity index (χ4n) is 4.44. The van der Waals surface area contributed by atoms with Crippen LogP contribution in [-0.4, -0.2) is 64.2 Å². The van der Waals surface area contributed by atoms with Crippen molar-refractivity contribution in [2.75, 3.05) is 45.6 Å². The Labute approximate surface area is 185 Å². The van der Waals surface area contributed by atoms with E-state index in [-0.39, 0.29) is 0 Å². The molecular weight excluding hydrogens is 388 g/mol. The summed E-state index contributed by atoms with van der Waals surface area (Å²) >= 11 is 0. The number of nitrogens with two attached hydrogens (primary N) is 1. The van der Waals surface area contributed by atoms with E-state index in [2.05, 4.69) is 43.5 Å². The summed E-state index contributed by atoms with van der Waals surface area (Å²) in [6, 6.07) is 10.2. The molecule has 0 amide bonds. The van der Waals surface area contributed by atoms with Gasteiger partial charge >= 0.3 is 0 Å². The maximum Gasteiger partial charge on any atom is 0.201 e. The molecule has 7 heteroatoms. The molecule has 3 aromatic rings. The highest BCUT2D eigenvalue weighted by Crippen LogP contribution is 2.24. The van der Waals surface area contributed by atoms with Crippen molar-refractivity contribution in [3.63, 3.8) is 0 Å². The van der Waals surface area contributed by atoms with Gasteiger partial charge in [-0.15, -0.1) is 0 Å². The molecule has 0 bridgehead atoms. The van der Waals surface area contributed by atoms with Gasteiger partial charge in [-0.3, -0.25) is 0 Å². The van der Waals surface area contributed by atoms with Gasteiger partial charge in [-0.25, -0.2) is 4.98 Å². The Hall–Kier alpha value is -2.51. The molecular formula is C24H36N6O. The Bertz CT molecular complexity index is 929. The van der Waals surface area contributed by atoms with Crippen LogP contribution in [0.5, 0.6) is 5.75 Å². The lowest BCUT2D eigenvalue weighted by Crippen LogP contribution is -2.31. The van der Waals surface area contributed by atoms with Crippen molar-refractivity contribution in [1.82, 2.24) is 24.3 Å². The Morgan fingerprint density at radius 1 is 1.13 bits per heavy atom. The number of nitrogens with one attached hydrogen (secondary N) is 1. The average molecular weight is 425 g/mol. The molecule has 0 saturated carbocycles. The molecule has 0 radical (unpaired) electrons. The van der Waals surface area contributed by atoms with Gasteiger partial charge in [-0.05, 0) is 76.6 Å². The van der Waals surface area contributed by atoms with Gasteiger partial charge in [0.15, 0.2) is 0 Å². The number of H-pyrrole nitrogens is 1. The van der Waals surface area contributed by atoms with Crippen LogP contribution in [0.4, 0.5) is 5.95 Å². The highest BCUT2D eigenvalue weighted by molar-refractivity contribution is 5.79. The molecule has 1 saturated heterocycles. The van der Waals surface area contributed by atoms with Crippen molar-refractivity contribution in [2.45, 2.75) is 45.2 Å². The predicted molar refractivity (Wildman–Crippen MR) is 126 cm³/mol. The zero-order valence-corrected chi connectivity index (χ0v) is 18.7. The van der Waals surface area contributed by atoms with Crippen molar-refractivity contribution in [3.8, 4) is 5.75 Å². The van der Waals surface area contributed by atoms with Gasteiger partial charge in [-0.1, -0.05) is 6.42 Å². The zero-order chi connectivity index (χ0) is 21.5. The lowest BCUT2D eigenvalue weighted by atomic mass is 10.1. The number of aromatic nitrogens is 3. The van der Waals surface area contributed by atoms with E-state index >= 15 is 0 Å². The van der Waals surface area contributed by atoms with Crippen LogP contribution in [0.15, 0.2) is 36.5 Å². The van der Waals surface area contributed by atoms with Gasteiger partial charge < -0.3 is 29.8 Å². The van der Waals surface area contributed by atoms with Gasteiger partial charge in [0.25, 0.3) is 0 Å². The number of aromatic amines is 1. The van der Waals surface area contributed by atoms with Gasteiger partial charge in [0.2, 0.25) is 5.95 Å². The molecule has 0 unspecified atom stereocenters. The van der Waals surface area contributed by atoms with Crippen molar-refractivity contribution in [3.05, 3.63) is 42.2 Å². The quantitative estimate of drug-likeness (QED) is 0.459. The molecule has 1 aromatic carbocycles. The Balaban J connectivity index is 1.27. The van der Waals surface area contributed by atoms with Gasteiger partial charge in [0.1, 0.15) is 5.75 Å². The fourth-order valence-corrected chi connectivity index (χ4v) is 4.44. The summed E-state index contributed by atoms with van der Waals surface area (Å²) in [6.45, 7) is 7.10. The number of aryl methyl sites for hydroxylation is 1. The minimum atomic E-state index is 0.594. The van der Waals surface area contributed by atoms with Crippen molar-refractivity contribution in [2.24, 2.45) is 0 Å². The second-order valence-corrected chi connectivity index (χ2v) is 8.66. The molecule has 1 aliphatic rings. The monoisotopic (exact) mass is 424 g/mol. The number of likely N-dealkylation sites (tertiary alicyclic amines) is 1. The van der Waals surface area contributed by atoms with Crippen LogP contribution in [0.2, 0.25) is 0 Å². The van der Waals surface area contributed by atoms with E-state index in [9.17, 15) is 0 Å². The third-order valence-electron chi connectivity index (χ3n) is 6.11. The van der Waals surface area contributed by atoms with E-state index in [0.717, 1.165) is 55.8 Å². The minimum absolute atomic E-state index is 0.594. The first-order valence-corrected chi connectivity index (χ1v) is 11.6. The molecule has 4 rings (SSSR count). The lowest BCUT2D eigenvalue weighted by Gasteiger charge is -2.26. The van der Waals surface area contributed by atoms with Crippen LogP contribution in [0.3, 0.4) is 0 Å². The van der Waals surface area contributed by atoms with E-state index in [1.807, 2.05) is 24.4 Å². The number of fused-ring (bicyclic) bond motifs is 1. The first-order chi connectivity index (χ1) is 15.2. The second-order valence-electron chi connectivity index (χ2n) is 8.66. The number of ether oxygens (including phenoxy) is 1. The lowest BCUT2D eigenvalue weighted by molar-refractivity contribution is 0.223. The second kappa shape index (κ2) is 10.7. The topological polar surface area (TPSA) is 75.3 Å². The number of benzene rings is 1. The van der Waals surface area contributed by atoms with E-state index < -0.39 is 0 Å². The molecule has 1 aliphatic heterocycles. The van der Waals surface area contributed by atoms with Crippen molar-refractivity contribution >= 4 is 17.0 Å². The molecule has 0 atom stereocenters. The normalized spacial score (nSPS) is 15.2. The van der Waals surface area contributed by atoms with Crippen LogP contribution >= 0.6 is 0 Å². The first kappa shape index (κ1) is 21.7. The third kappa shape index (κ3) is 6.02. The van der Waals surface area contributed by atoms with E-state index in [4.69, 9.17) is 10.5 Å². The summed E-state index contributed by atoms with van der Waals surface area (Å²) in [6.07, 6.45) is 8.08. The summed E-state index contributed by atoms with van der Waals surface area (Å²) in [7, 11) is 2.14. The maximum absolute atomic E-state index is 6.22. The number of imidazole rings is 1.